The third-order valence-electron chi connectivity index (χ3n) is 2.67. The quantitative estimate of drug-likeness (QED) is 0.878. The molecule has 0 spiro atoms. The standard InChI is InChI=1S/C13H16N2O2/c1-3-9-6-7-11(17-9)12(14)10-5-4-8-15-13(10)16-2/h4-8,12H,3,14H2,1-2H3. The average Bonchev–Trinajstić information content (AvgIpc) is 2.86. The van der Waals surface area contributed by atoms with Crippen molar-refractivity contribution in [3.63, 3.8) is 0 Å². The fourth-order valence-corrected chi connectivity index (χ4v) is 1.72. The van der Waals surface area contributed by atoms with E-state index in [4.69, 9.17) is 14.9 Å². The van der Waals surface area contributed by atoms with Crippen LogP contribution in [0.2, 0.25) is 0 Å². The maximum atomic E-state index is 6.15. The Morgan fingerprint density at radius 1 is 1.41 bits per heavy atom. The van der Waals surface area contributed by atoms with E-state index >= 15 is 0 Å². The van der Waals surface area contributed by atoms with Gasteiger partial charge in [0.2, 0.25) is 5.88 Å². The molecule has 0 aliphatic rings. The number of nitrogens with zero attached hydrogens (tertiary/aromatic N) is 1. The maximum absolute atomic E-state index is 6.15. The summed E-state index contributed by atoms with van der Waals surface area (Å²) in [6, 6.07) is 7.22. The predicted octanol–water partition coefficient (Wildman–Crippen LogP) is 2.29. The Kier molecular flexibility index (Phi) is 3.44. The molecule has 2 rings (SSSR count). The Balaban J connectivity index is 2.32. The highest BCUT2D eigenvalue weighted by Gasteiger charge is 2.17. The highest BCUT2D eigenvalue weighted by molar-refractivity contribution is 5.33. The van der Waals surface area contributed by atoms with Crippen molar-refractivity contribution in [2.75, 3.05) is 7.11 Å². The van der Waals surface area contributed by atoms with E-state index in [-0.39, 0.29) is 6.04 Å². The van der Waals surface area contributed by atoms with Gasteiger partial charge in [0.25, 0.3) is 0 Å². The summed E-state index contributed by atoms with van der Waals surface area (Å²) < 4.78 is 10.8. The van der Waals surface area contributed by atoms with Crippen LogP contribution in [0.25, 0.3) is 0 Å². The third kappa shape index (κ3) is 2.31. The van der Waals surface area contributed by atoms with E-state index in [9.17, 15) is 0 Å². The zero-order chi connectivity index (χ0) is 12.3. The number of rotatable bonds is 4. The lowest BCUT2D eigenvalue weighted by Crippen LogP contribution is -2.12. The van der Waals surface area contributed by atoms with Crippen LogP contribution in [-0.4, -0.2) is 12.1 Å². The minimum absolute atomic E-state index is 0.348. The zero-order valence-corrected chi connectivity index (χ0v) is 10.0. The molecule has 2 N–H and O–H groups in total. The molecule has 1 unspecified atom stereocenters. The lowest BCUT2D eigenvalue weighted by atomic mass is 10.1. The molecule has 0 aromatic carbocycles. The van der Waals surface area contributed by atoms with Gasteiger partial charge in [0.15, 0.2) is 0 Å². The van der Waals surface area contributed by atoms with E-state index < -0.39 is 0 Å². The van der Waals surface area contributed by atoms with E-state index in [1.165, 1.54) is 0 Å². The van der Waals surface area contributed by atoms with Crippen molar-refractivity contribution in [3.05, 3.63) is 47.5 Å². The number of aryl methyl sites for hydroxylation is 1. The summed E-state index contributed by atoms with van der Waals surface area (Å²) >= 11 is 0. The first-order chi connectivity index (χ1) is 8.26. The number of pyridine rings is 1. The van der Waals surface area contributed by atoms with Gasteiger partial charge in [-0.3, -0.25) is 0 Å². The molecule has 0 fully saturated rings. The highest BCUT2D eigenvalue weighted by Crippen LogP contribution is 2.27. The van der Waals surface area contributed by atoms with Gasteiger partial charge in [-0.05, 0) is 18.2 Å². The summed E-state index contributed by atoms with van der Waals surface area (Å²) in [6.07, 6.45) is 2.53. The molecule has 4 heteroatoms. The van der Waals surface area contributed by atoms with Crippen LogP contribution >= 0.6 is 0 Å². The lowest BCUT2D eigenvalue weighted by Gasteiger charge is -2.12. The van der Waals surface area contributed by atoms with Crippen molar-refractivity contribution in [2.45, 2.75) is 19.4 Å². The van der Waals surface area contributed by atoms with Crippen LogP contribution in [0, 0.1) is 0 Å². The first-order valence-electron chi connectivity index (χ1n) is 5.59. The van der Waals surface area contributed by atoms with Crippen LogP contribution in [-0.2, 0) is 6.42 Å². The van der Waals surface area contributed by atoms with Crippen molar-refractivity contribution < 1.29 is 9.15 Å². The monoisotopic (exact) mass is 232 g/mol. The van der Waals surface area contributed by atoms with Crippen molar-refractivity contribution in [1.82, 2.24) is 4.98 Å². The van der Waals surface area contributed by atoms with Crippen molar-refractivity contribution in [2.24, 2.45) is 5.73 Å². The molecule has 2 heterocycles. The molecule has 0 aliphatic heterocycles. The van der Waals surface area contributed by atoms with E-state index in [1.807, 2.05) is 31.2 Å². The fraction of sp³-hybridized carbons (Fsp3) is 0.308. The largest absolute Gasteiger partial charge is 0.481 e. The van der Waals surface area contributed by atoms with Crippen LogP contribution in [0.4, 0.5) is 0 Å². The summed E-state index contributed by atoms with van der Waals surface area (Å²) in [6.45, 7) is 2.04. The molecule has 1 atom stereocenters. The van der Waals surface area contributed by atoms with E-state index in [1.54, 1.807) is 13.3 Å². The number of nitrogens with two attached hydrogens (primary N) is 1. The normalized spacial score (nSPS) is 12.4. The fourth-order valence-electron chi connectivity index (χ4n) is 1.72. The van der Waals surface area contributed by atoms with E-state index in [2.05, 4.69) is 4.98 Å². The van der Waals surface area contributed by atoms with Crippen LogP contribution in [0.5, 0.6) is 5.88 Å². The number of hydrogen-bond acceptors (Lipinski definition) is 4. The second-order valence-corrected chi connectivity index (χ2v) is 3.74. The average molecular weight is 232 g/mol. The van der Waals surface area contributed by atoms with Gasteiger partial charge in [-0.2, -0.15) is 0 Å². The SMILES string of the molecule is CCc1ccc(C(N)c2cccnc2OC)o1. The smallest absolute Gasteiger partial charge is 0.218 e. The lowest BCUT2D eigenvalue weighted by molar-refractivity contribution is 0.385. The van der Waals surface area contributed by atoms with Crippen LogP contribution in [0.3, 0.4) is 0 Å². The number of methoxy groups -OCH3 is 1. The molecule has 0 bridgehead atoms. The number of hydrogen-bond donors (Lipinski definition) is 1. The highest BCUT2D eigenvalue weighted by atomic mass is 16.5. The second kappa shape index (κ2) is 5.01. The third-order valence-corrected chi connectivity index (χ3v) is 2.67. The molecule has 0 aliphatic carbocycles. The Hall–Kier alpha value is -1.81. The number of ether oxygens (including phenoxy) is 1. The van der Waals surface area contributed by atoms with E-state index in [0.29, 0.717) is 5.88 Å². The van der Waals surface area contributed by atoms with Crippen molar-refractivity contribution in [3.8, 4) is 5.88 Å². The molecular weight excluding hydrogens is 216 g/mol. The summed E-state index contributed by atoms with van der Waals surface area (Å²) in [5.41, 5.74) is 6.97. The first-order valence-corrected chi connectivity index (χ1v) is 5.59. The molecule has 0 amide bonds. The van der Waals surface area contributed by atoms with Gasteiger partial charge < -0.3 is 14.9 Å². The molecule has 0 saturated carbocycles. The molecule has 90 valence electrons. The first kappa shape index (κ1) is 11.7. The van der Waals surface area contributed by atoms with Gasteiger partial charge in [0, 0.05) is 18.2 Å². The molecule has 2 aromatic heterocycles. The Bertz CT molecular complexity index is 494. The summed E-state index contributed by atoms with van der Waals surface area (Å²) in [7, 11) is 1.58. The second-order valence-electron chi connectivity index (χ2n) is 3.74. The Labute approximate surface area is 100 Å². The molecular formula is C13H16N2O2. The van der Waals surface area contributed by atoms with Gasteiger partial charge in [-0.15, -0.1) is 0 Å². The van der Waals surface area contributed by atoms with Gasteiger partial charge in [0.1, 0.15) is 11.5 Å². The summed E-state index contributed by atoms with van der Waals surface area (Å²) in [4.78, 5) is 4.13. The zero-order valence-electron chi connectivity index (χ0n) is 10.0. The van der Waals surface area contributed by atoms with Gasteiger partial charge >= 0.3 is 0 Å². The molecule has 4 nitrogen and oxygen atoms in total. The topological polar surface area (TPSA) is 61.3 Å². The minimum atomic E-state index is -0.348. The van der Waals surface area contributed by atoms with Crippen molar-refractivity contribution in [1.29, 1.82) is 0 Å². The Morgan fingerprint density at radius 2 is 2.24 bits per heavy atom. The van der Waals surface area contributed by atoms with Crippen LogP contribution < -0.4 is 10.5 Å². The molecule has 0 radical (unpaired) electrons. The minimum Gasteiger partial charge on any atom is -0.481 e. The van der Waals surface area contributed by atoms with Crippen LogP contribution in [0.15, 0.2) is 34.9 Å². The van der Waals surface area contributed by atoms with Gasteiger partial charge in [-0.25, -0.2) is 4.98 Å². The predicted molar refractivity (Wildman–Crippen MR) is 64.9 cm³/mol. The maximum Gasteiger partial charge on any atom is 0.218 e. The molecule has 17 heavy (non-hydrogen) atoms. The van der Waals surface area contributed by atoms with Crippen LogP contribution in [0.1, 0.15) is 30.0 Å². The van der Waals surface area contributed by atoms with Crippen molar-refractivity contribution >= 4 is 0 Å². The molecule has 2 aromatic rings. The van der Waals surface area contributed by atoms with Gasteiger partial charge in [-0.1, -0.05) is 13.0 Å². The molecule has 0 saturated heterocycles. The summed E-state index contributed by atoms with van der Waals surface area (Å²) in [5.74, 6) is 2.20. The number of furan rings is 1. The Morgan fingerprint density at radius 3 is 2.88 bits per heavy atom. The van der Waals surface area contributed by atoms with Gasteiger partial charge in [0.05, 0.1) is 13.2 Å². The summed E-state index contributed by atoms with van der Waals surface area (Å²) in [5, 5.41) is 0. The number of aromatic nitrogens is 1. The van der Waals surface area contributed by atoms with E-state index in [0.717, 1.165) is 23.5 Å².